The number of nitrogens with one attached hydrogen (secondary N) is 2. The highest BCUT2D eigenvalue weighted by molar-refractivity contribution is 6.31. The van der Waals surface area contributed by atoms with Crippen molar-refractivity contribution in [3.05, 3.63) is 34.9 Å². The molecule has 1 amide bonds. The molecule has 1 aliphatic heterocycles. The number of hydrogen-bond acceptors (Lipinski definition) is 2. The third-order valence-electron chi connectivity index (χ3n) is 3.82. The van der Waals surface area contributed by atoms with Gasteiger partial charge in [-0.25, -0.2) is 4.39 Å². The van der Waals surface area contributed by atoms with Gasteiger partial charge in [-0.2, -0.15) is 0 Å². The first kappa shape index (κ1) is 12.9. The van der Waals surface area contributed by atoms with Crippen molar-refractivity contribution < 1.29 is 9.18 Å². The second-order valence-corrected chi connectivity index (χ2v) is 5.68. The van der Waals surface area contributed by atoms with E-state index in [1.54, 1.807) is 0 Å². The summed E-state index contributed by atoms with van der Waals surface area (Å²) in [5, 5.41) is 6.60. The fraction of sp³-hybridized carbons (Fsp3) is 0.500. The van der Waals surface area contributed by atoms with Gasteiger partial charge in [-0.1, -0.05) is 29.8 Å². The molecular formula is C14H16ClFN2O. The quantitative estimate of drug-likeness (QED) is 0.890. The fourth-order valence-corrected chi connectivity index (χ4v) is 2.93. The summed E-state index contributed by atoms with van der Waals surface area (Å²) < 4.78 is 13.0. The third-order valence-corrected chi connectivity index (χ3v) is 4.16. The summed E-state index contributed by atoms with van der Waals surface area (Å²) in [7, 11) is 0. The van der Waals surface area contributed by atoms with Crippen LogP contribution in [0.5, 0.6) is 0 Å². The van der Waals surface area contributed by atoms with Gasteiger partial charge in [0.25, 0.3) is 0 Å². The van der Waals surface area contributed by atoms with Gasteiger partial charge in [0.15, 0.2) is 0 Å². The Morgan fingerprint density at radius 1 is 1.37 bits per heavy atom. The Balaban J connectivity index is 1.56. The predicted octanol–water partition coefficient (Wildman–Crippen LogP) is 2.01. The molecule has 2 N–H and O–H groups in total. The van der Waals surface area contributed by atoms with E-state index in [0.29, 0.717) is 5.92 Å². The van der Waals surface area contributed by atoms with Crippen molar-refractivity contribution >= 4 is 17.5 Å². The number of carbonyl (C=O) groups is 1. The molecule has 4 atom stereocenters. The molecular weight excluding hydrogens is 267 g/mol. The Kier molecular flexibility index (Phi) is 3.46. The molecule has 102 valence electrons. The molecule has 1 aromatic rings. The van der Waals surface area contributed by atoms with Crippen LogP contribution in [-0.2, 0) is 4.79 Å². The summed E-state index contributed by atoms with van der Waals surface area (Å²) >= 11 is 6.13. The highest BCUT2D eigenvalue weighted by Crippen LogP contribution is 2.43. The van der Waals surface area contributed by atoms with Crippen molar-refractivity contribution in [2.45, 2.75) is 37.0 Å². The number of benzene rings is 1. The van der Waals surface area contributed by atoms with Crippen LogP contribution in [0.4, 0.5) is 4.39 Å². The molecule has 1 saturated carbocycles. The Morgan fingerprint density at radius 3 is 2.84 bits per heavy atom. The largest absolute Gasteiger partial charge is 0.351 e. The average molecular weight is 283 g/mol. The van der Waals surface area contributed by atoms with E-state index in [0.717, 1.165) is 17.0 Å². The smallest absolute Gasteiger partial charge is 0.237 e. The summed E-state index contributed by atoms with van der Waals surface area (Å²) in [6.07, 6.45) is 0.269. The van der Waals surface area contributed by atoms with E-state index in [-0.39, 0.29) is 31.0 Å². The molecule has 1 aliphatic carbocycles. The molecule has 0 spiro atoms. The van der Waals surface area contributed by atoms with Crippen LogP contribution in [0.15, 0.2) is 24.3 Å². The normalized spacial score (nSPS) is 33.2. The lowest BCUT2D eigenvalue weighted by molar-refractivity contribution is -0.123. The first-order valence-electron chi connectivity index (χ1n) is 6.57. The van der Waals surface area contributed by atoms with Crippen molar-refractivity contribution in [2.75, 3.05) is 6.54 Å². The average Bonchev–Trinajstić information content (AvgIpc) is 2.99. The fourth-order valence-electron chi connectivity index (χ4n) is 2.65. The maximum Gasteiger partial charge on any atom is 0.237 e. The van der Waals surface area contributed by atoms with Gasteiger partial charge >= 0.3 is 0 Å². The van der Waals surface area contributed by atoms with E-state index < -0.39 is 6.17 Å². The monoisotopic (exact) mass is 282 g/mol. The van der Waals surface area contributed by atoms with Crippen LogP contribution in [0.1, 0.15) is 24.3 Å². The Morgan fingerprint density at radius 2 is 2.16 bits per heavy atom. The van der Waals surface area contributed by atoms with Gasteiger partial charge in [-0.05, 0) is 18.1 Å². The minimum Gasteiger partial charge on any atom is -0.351 e. The zero-order chi connectivity index (χ0) is 13.4. The van der Waals surface area contributed by atoms with Crippen LogP contribution in [-0.4, -0.2) is 30.7 Å². The van der Waals surface area contributed by atoms with Crippen LogP contribution in [0.25, 0.3) is 0 Å². The highest BCUT2D eigenvalue weighted by atomic mass is 35.5. The minimum atomic E-state index is -0.908. The van der Waals surface area contributed by atoms with E-state index in [2.05, 4.69) is 10.6 Å². The second-order valence-electron chi connectivity index (χ2n) is 5.27. The minimum absolute atomic E-state index is 0.0975. The number of alkyl halides is 1. The van der Waals surface area contributed by atoms with E-state index in [1.807, 2.05) is 24.3 Å². The van der Waals surface area contributed by atoms with Crippen molar-refractivity contribution in [1.82, 2.24) is 10.6 Å². The molecule has 1 saturated heterocycles. The molecule has 1 aromatic carbocycles. The van der Waals surface area contributed by atoms with E-state index in [1.165, 1.54) is 0 Å². The van der Waals surface area contributed by atoms with Gasteiger partial charge in [0.2, 0.25) is 5.91 Å². The maximum absolute atomic E-state index is 13.0. The van der Waals surface area contributed by atoms with Gasteiger partial charge in [0.1, 0.15) is 6.17 Å². The summed E-state index contributed by atoms with van der Waals surface area (Å²) in [5.41, 5.74) is 1.08. The highest BCUT2D eigenvalue weighted by Gasteiger charge is 2.42. The first-order chi connectivity index (χ1) is 9.15. The standard InChI is InChI=1S/C14H16ClFN2O/c15-11-4-2-1-3-9(11)10-6-12(10)18-14(19)13-5-8(16)7-17-13/h1-4,8,10,12-13,17H,5-7H2,(H,18,19)/t8-,10?,12?,13+/m1/s1. The number of carbonyl (C=O) groups excluding carboxylic acids is 1. The molecule has 0 bridgehead atoms. The SMILES string of the molecule is O=C(NC1CC1c1ccccc1Cl)[C@@H]1C[C@@H](F)CN1. The molecule has 5 heteroatoms. The Bertz CT molecular complexity index is 496. The van der Waals surface area contributed by atoms with Gasteiger partial charge in [0, 0.05) is 29.9 Å². The zero-order valence-electron chi connectivity index (χ0n) is 10.4. The molecule has 3 nitrogen and oxygen atoms in total. The van der Waals surface area contributed by atoms with Crippen LogP contribution in [0, 0.1) is 0 Å². The number of hydrogen-bond donors (Lipinski definition) is 2. The molecule has 0 radical (unpaired) electrons. The van der Waals surface area contributed by atoms with Gasteiger partial charge in [-0.15, -0.1) is 0 Å². The van der Waals surface area contributed by atoms with E-state index in [9.17, 15) is 9.18 Å². The molecule has 2 fully saturated rings. The summed E-state index contributed by atoms with van der Waals surface area (Å²) in [6.45, 7) is 0.274. The lowest BCUT2D eigenvalue weighted by atomic mass is 10.1. The summed E-state index contributed by atoms with van der Waals surface area (Å²) in [5.74, 6) is 0.194. The van der Waals surface area contributed by atoms with Crippen LogP contribution >= 0.6 is 11.6 Å². The van der Waals surface area contributed by atoms with Crippen LogP contribution in [0.2, 0.25) is 5.02 Å². The summed E-state index contributed by atoms with van der Waals surface area (Å²) in [6, 6.07) is 7.44. The second kappa shape index (κ2) is 5.10. The molecule has 3 rings (SSSR count). The van der Waals surface area contributed by atoms with Gasteiger partial charge in [0.05, 0.1) is 6.04 Å². The molecule has 1 heterocycles. The van der Waals surface area contributed by atoms with Crippen molar-refractivity contribution in [1.29, 1.82) is 0 Å². The lowest BCUT2D eigenvalue weighted by Gasteiger charge is -2.11. The predicted molar refractivity (Wildman–Crippen MR) is 72.0 cm³/mol. The van der Waals surface area contributed by atoms with Crippen molar-refractivity contribution in [2.24, 2.45) is 0 Å². The van der Waals surface area contributed by atoms with Gasteiger partial charge in [-0.3, -0.25) is 4.79 Å². The van der Waals surface area contributed by atoms with E-state index in [4.69, 9.17) is 11.6 Å². The van der Waals surface area contributed by atoms with E-state index >= 15 is 0 Å². The Labute approximate surface area is 116 Å². The third kappa shape index (κ3) is 2.74. The van der Waals surface area contributed by atoms with Crippen LogP contribution < -0.4 is 10.6 Å². The van der Waals surface area contributed by atoms with Crippen molar-refractivity contribution in [3.8, 4) is 0 Å². The molecule has 19 heavy (non-hydrogen) atoms. The zero-order valence-corrected chi connectivity index (χ0v) is 11.2. The maximum atomic E-state index is 13.0. The van der Waals surface area contributed by atoms with Gasteiger partial charge < -0.3 is 10.6 Å². The van der Waals surface area contributed by atoms with Crippen molar-refractivity contribution in [3.63, 3.8) is 0 Å². The molecule has 2 aliphatic rings. The Hall–Kier alpha value is -1.13. The number of amides is 1. The summed E-state index contributed by atoms with van der Waals surface area (Å²) in [4.78, 5) is 11.9. The first-order valence-corrected chi connectivity index (χ1v) is 6.95. The molecule has 2 unspecified atom stereocenters. The topological polar surface area (TPSA) is 41.1 Å². The molecule has 0 aromatic heterocycles. The van der Waals surface area contributed by atoms with Crippen LogP contribution in [0.3, 0.4) is 0 Å². The number of rotatable bonds is 3. The lowest BCUT2D eigenvalue weighted by Crippen LogP contribution is -2.41. The number of halogens is 2.